The van der Waals surface area contributed by atoms with E-state index in [4.69, 9.17) is 5.73 Å². The third kappa shape index (κ3) is 4.51. The lowest BCUT2D eigenvalue weighted by molar-refractivity contribution is 0.567. The molecule has 1 aliphatic heterocycles. The monoisotopic (exact) mass is 475 g/mol. The molecule has 0 spiro atoms. The minimum Gasteiger partial charge on any atom is -0.368 e. The van der Waals surface area contributed by atoms with Gasteiger partial charge in [-0.25, -0.2) is 31.2 Å². The highest BCUT2D eigenvalue weighted by molar-refractivity contribution is 7.93. The number of rotatable bonds is 4. The lowest BCUT2D eigenvalue weighted by atomic mass is 10.0. The molecule has 0 amide bonds. The molecular formula is C22H22FN3O4S2. The van der Waals surface area contributed by atoms with Gasteiger partial charge in [0, 0.05) is 29.1 Å². The van der Waals surface area contributed by atoms with E-state index in [0.29, 0.717) is 23.1 Å². The second-order valence-corrected chi connectivity index (χ2v) is 12.3. The summed E-state index contributed by atoms with van der Waals surface area (Å²) in [7, 11) is -7.04. The molecule has 2 aromatic carbocycles. The molecule has 0 aliphatic carbocycles. The van der Waals surface area contributed by atoms with Gasteiger partial charge in [0.1, 0.15) is 15.7 Å². The van der Waals surface area contributed by atoms with Gasteiger partial charge in [-0.2, -0.15) is 0 Å². The Morgan fingerprint density at radius 1 is 0.938 bits per heavy atom. The van der Waals surface area contributed by atoms with Crippen LogP contribution < -0.4 is 5.73 Å². The summed E-state index contributed by atoms with van der Waals surface area (Å²) >= 11 is 0. The minimum absolute atomic E-state index is 0.00217. The number of hydrogen-bond donors (Lipinski definition) is 1. The predicted molar refractivity (Wildman–Crippen MR) is 121 cm³/mol. The van der Waals surface area contributed by atoms with E-state index in [1.807, 2.05) is 0 Å². The van der Waals surface area contributed by atoms with Crippen LogP contribution in [0.4, 0.5) is 10.3 Å². The number of nitrogens with zero attached hydrogens (tertiary/aromatic N) is 2. The molecule has 4 rings (SSSR count). The molecule has 1 fully saturated rings. The van der Waals surface area contributed by atoms with Gasteiger partial charge in [0.2, 0.25) is 5.95 Å². The van der Waals surface area contributed by atoms with Gasteiger partial charge in [-0.15, -0.1) is 0 Å². The highest BCUT2D eigenvalue weighted by Gasteiger charge is 2.33. The summed E-state index contributed by atoms with van der Waals surface area (Å²) in [5.74, 6) is -0.617. The molecule has 0 radical (unpaired) electrons. The van der Waals surface area contributed by atoms with E-state index in [-0.39, 0.29) is 40.8 Å². The molecule has 1 aliphatic rings. The SMILES string of the molecule is Nc1ncc(-c2ccc(-c3ccccc3S(=O)(=O)C3CCCS(=O)(=O)CC3)cc2F)cn1. The Balaban J connectivity index is 1.72. The lowest BCUT2D eigenvalue weighted by Crippen LogP contribution is -2.23. The summed E-state index contributed by atoms with van der Waals surface area (Å²) in [5.41, 5.74) is 6.97. The Morgan fingerprint density at radius 2 is 1.66 bits per heavy atom. The van der Waals surface area contributed by atoms with Crippen molar-refractivity contribution in [1.29, 1.82) is 0 Å². The molecule has 1 saturated heterocycles. The van der Waals surface area contributed by atoms with Crippen molar-refractivity contribution in [2.45, 2.75) is 29.4 Å². The van der Waals surface area contributed by atoms with Gasteiger partial charge in [0.05, 0.1) is 21.7 Å². The zero-order valence-electron chi connectivity index (χ0n) is 17.1. The van der Waals surface area contributed by atoms with Gasteiger partial charge in [-0.3, -0.25) is 0 Å². The van der Waals surface area contributed by atoms with Gasteiger partial charge in [0.25, 0.3) is 0 Å². The van der Waals surface area contributed by atoms with Crippen LogP contribution in [-0.2, 0) is 19.7 Å². The normalized spacial score (nSPS) is 18.7. The number of halogens is 1. The zero-order chi connectivity index (χ0) is 22.9. The van der Waals surface area contributed by atoms with Crippen LogP contribution in [0.1, 0.15) is 19.3 Å². The summed E-state index contributed by atoms with van der Waals surface area (Å²) in [6.07, 6.45) is 3.48. The first-order valence-corrected chi connectivity index (χ1v) is 13.5. The summed E-state index contributed by atoms with van der Waals surface area (Å²) in [5, 5.41) is -0.794. The molecule has 10 heteroatoms. The van der Waals surface area contributed by atoms with Gasteiger partial charge in [0.15, 0.2) is 9.84 Å². The van der Waals surface area contributed by atoms with Crippen molar-refractivity contribution in [3.63, 3.8) is 0 Å². The Hall–Kier alpha value is -2.85. The van der Waals surface area contributed by atoms with E-state index in [1.165, 1.54) is 24.5 Å². The van der Waals surface area contributed by atoms with E-state index < -0.39 is 30.7 Å². The molecule has 32 heavy (non-hydrogen) atoms. The quantitative estimate of drug-likeness (QED) is 0.615. The number of hydrogen-bond acceptors (Lipinski definition) is 7. The van der Waals surface area contributed by atoms with Crippen LogP contribution in [0, 0.1) is 5.82 Å². The first kappa shape index (κ1) is 22.3. The Labute approximate surface area is 186 Å². The molecule has 1 aromatic heterocycles. The topological polar surface area (TPSA) is 120 Å². The maximum Gasteiger partial charge on any atom is 0.219 e. The molecule has 1 unspecified atom stereocenters. The van der Waals surface area contributed by atoms with Crippen LogP contribution in [0.2, 0.25) is 0 Å². The van der Waals surface area contributed by atoms with Crippen LogP contribution in [0.5, 0.6) is 0 Å². The maximum absolute atomic E-state index is 14.9. The number of nitrogens with two attached hydrogens (primary N) is 1. The van der Waals surface area contributed by atoms with Crippen molar-refractivity contribution in [3.8, 4) is 22.3 Å². The van der Waals surface area contributed by atoms with Crippen molar-refractivity contribution in [1.82, 2.24) is 9.97 Å². The third-order valence-electron chi connectivity index (χ3n) is 5.63. The van der Waals surface area contributed by atoms with Crippen molar-refractivity contribution in [2.75, 3.05) is 17.2 Å². The fraction of sp³-hybridized carbons (Fsp3) is 0.273. The summed E-state index contributed by atoms with van der Waals surface area (Å²) < 4.78 is 65.6. The van der Waals surface area contributed by atoms with Crippen molar-refractivity contribution < 1.29 is 21.2 Å². The van der Waals surface area contributed by atoms with Gasteiger partial charge >= 0.3 is 0 Å². The van der Waals surface area contributed by atoms with Crippen LogP contribution in [0.25, 0.3) is 22.3 Å². The van der Waals surface area contributed by atoms with Gasteiger partial charge < -0.3 is 5.73 Å². The Bertz CT molecular complexity index is 1360. The average molecular weight is 476 g/mol. The first-order valence-electron chi connectivity index (χ1n) is 10.1. The molecule has 168 valence electrons. The Kier molecular flexibility index (Phi) is 6.00. The molecule has 7 nitrogen and oxygen atoms in total. The highest BCUT2D eigenvalue weighted by Crippen LogP contribution is 2.34. The molecule has 2 heterocycles. The van der Waals surface area contributed by atoms with Gasteiger partial charge in [-0.1, -0.05) is 30.3 Å². The number of sulfone groups is 2. The maximum atomic E-state index is 14.9. The minimum atomic E-state index is -3.82. The Morgan fingerprint density at radius 3 is 2.38 bits per heavy atom. The van der Waals surface area contributed by atoms with E-state index >= 15 is 0 Å². The van der Waals surface area contributed by atoms with E-state index in [9.17, 15) is 21.2 Å². The molecular weight excluding hydrogens is 453 g/mol. The second-order valence-electron chi connectivity index (χ2n) is 7.77. The van der Waals surface area contributed by atoms with Crippen molar-refractivity contribution in [2.24, 2.45) is 0 Å². The summed E-state index contributed by atoms with van der Waals surface area (Å²) in [6, 6.07) is 10.9. The summed E-state index contributed by atoms with van der Waals surface area (Å²) in [6.45, 7) is 0. The molecule has 1 atom stereocenters. The van der Waals surface area contributed by atoms with Crippen molar-refractivity contribution in [3.05, 3.63) is 60.7 Å². The van der Waals surface area contributed by atoms with E-state index in [2.05, 4.69) is 9.97 Å². The molecule has 2 N–H and O–H groups in total. The number of benzene rings is 2. The third-order valence-corrected chi connectivity index (χ3v) is 9.71. The van der Waals surface area contributed by atoms with E-state index in [1.54, 1.807) is 30.3 Å². The lowest BCUT2D eigenvalue weighted by Gasteiger charge is -2.18. The molecule has 3 aromatic rings. The van der Waals surface area contributed by atoms with E-state index in [0.717, 1.165) is 0 Å². The van der Waals surface area contributed by atoms with Crippen LogP contribution in [-0.4, -0.2) is 43.6 Å². The largest absolute Gasteiger partial charge is 0.368 e. The molecule has 0 bridgehead atoms. The second kappa shape index (κ2) is 8.59. The molecule has 0 saturated carbocycles. The van der Waals surface area contributed by atoms with Gasteiger partial charge in [-0.05, 0) is 37.0 Å². The first-order chi connectivity index (χ1) is 15.2. The average Bonchev–Trinajstić information content (AvgIpc) is 2.95. The fourth-order valence-electron chi connectivity index (χ4n) is 3.93. The number of anilines is 1. The highest BCUT2D eigenvalue weighted by atomic mass is 32.2. The fourth-order valence-corrected chi connectivity index (χ4v) is 7.55. The number of nitrogen functional groups attached to an aromatic ring is 1. The van der Waals surface area contributed by atoms with Crippen molar-refractivity contribution >= 4 is 25.6 Å². The zero-order valence-corrected chi connectivity index (χ0v) is 18.7. The number of aromatic nitrogens is 2. The van der Waals surface area contributed by atoms with Crippen LogP contribution in [0.15, 0.2) is 59.8 Å². The predicted octanol–water partition coefficient (Wildman–Crippen LogP) is 3.27. The standard InChI is InChI=1S/C22H22FN3O4S2/c23-20-12-15(7-8-18(20)16-13-25-22(24)26-14-16)19-5-1-2-6-21(19)32(29,30)17-4-3-10-31(27,28)11-9-17/h1-2,5-8,12-14,17H,3-4,9-11H2,(H2,24,25,26). The van der Waals surface area contributed by atoms with Crippen LogP contribution in [0.3, 0.4) is 0 Å². The van der Waals surface area contributed by atoms with Crippen LogP contribution >= 0.6 is 0 Å². The smallest absolute Gasteiger partial charge is 0.219 e. The summed E-state index contributed by atoms with van der Waals surface area (Å²) in [4.78, 5) is 7.82.